The number of carbonyl (C=O) groups is 2. The number of anilines is 2. The predicted octanol–water partition coefficient (Wildman–Crippen LogP) is 4.88. The minimum atomic E-state index is -0.669. The average Bonchev–Trinajstić information content (AvgIpc) is 3.18. The Balaban J connectivity index is 1.70. The molecule has 0 radical (unpaired) electrons. The molecule has 4 rings (SSSR count). The van der Waals surface area contributed by atoms with Gasteiger partial charge < -0.3 is 19.7 Å². The Morgan fingerprint density at radius 1 is 0.970 bits per heavy atom. The Hall–Kier alpha value is -3.87. The number of nitrogens with one attached hydrogen (secondary N) is 1. The summed E-state index contributed by atoms with van der Waals surface area (Å²) in [6.07, 6.45) is 0.0307. The van der Waals surface area contributed by atoms with Crippen molar-refractivity contribution in [1.82, 2.24) is 0 Å². The smallest absolute Gasteiger partial charge is 0.230 e. The zero-order valence-electron chi connectivity index (χ0n) is 18.7. The van der Waals surface area contributed by atoms with Crippen LogP contribution in [0.25, 0.3) is 0 Å². The largest absolute Gasteiger partial charge is 0.497 e. The lowest BCUT2D eigenvalue weighted by Gasteiger charge is -2.28. The Morgan fingerprint density at radius 3 is 2.15 bits per heavy atom. The van der Waals surface area contributed by atoms with Gasteiger partial charge in [0, 0.05) is 17.8 Å². The van der Waals surface area contributed by atoms with Crippen molar-refractivity contribution >= 4 is 23.2 Å². The minimum absolute atomic E-state index is 0.0307. The average molecular weight is 448 g/mol. The van der Waals surface area contributed by atoms with Crippen LogP contribution >= 0.6 is 0 Å². The molecule has 1 saturated heterocycles. The molecule has 2 amide bonds. The number of aryl methyl sites for hydroxylation is 1. The Morgan fingerprint density at radius 2 is 1.58 bits per heavy atom. The second-order valence-electron chi connectivity index (χ2n) is 7.94. The Kier molecular flexibility index (Phi) is 6.31. The molecule has 1 heterocycles. The van der Waals surface area contributed by atoms with Crippen molar-refractivity contribution < 1.29 is 23.5 Å². The van der Waals surface area contributed by atoms with Crippen molar-refractivity contribution in [3.05, 3.63) is 83.7 Å². The van der Waals surface area contributed by atoms with Gasteiger partial charge >= 0.3 is 0 Å². The summed E-state index contributed by atoms with van der Waals surface area (Å²) in [6, 6.07) is 18.4. The van der Waals surface area contributed by atoms with Crippen LogP contribution in [0.2, 0.25) is 0 Å². The summed E-state index contributed by atoms with van der Waals surface area (Å²) in [7, 11) is 3.15. The molecule has 3 aromatic rings. The number of halogens is 1. The van der Waals surface area contributed by atoms with E-state index in [2.05, 4.69) is 5.32 Å². The SMILES string of the molecule is COc1ccc([C@@H]2[C@H](C(=O)Nc3ccc(C)c(F)c3)CC(=O)N2c2ccc(OC)cc2)cc1. The van der Waals surface area contributed by atoms with E-state index in [4.69, 9.17) is 9.47 Å². The Bertz CT molecular complexity index is 1160. The number of nitrogens with zero attached hydrogens (tertiary/aromatic N) is 1. The lowest BCUT2D eigenvalue weighted by Crippen LogP contribution is -2.32. The van der Waals surface area contributed by atoms with E-state index in [0.29, 0.717) is 28.4 Å². The number of hydrogen-bond donors (Lipinski definition) is 1. The van der Waals surface area contributed by atoms with Crippen LogP contribution in [0.15, 0.2) is 66.7 Å². The molecule has 0 saturated carbocycles. The van der Waals surface area contributed by atoms with E-state index in [-0.39, 0.29) is 18.2 Å². The van der Waals surface area contributed by atoms with E-state index in [0.717, 1.165) is 5.56 Å². The third-order valence-electron chi connectivity index (χ3n) is 5.91. The molecule has 0 spiro atoms. The number of ether oxygens (including phenoxy) is 2. The maximum atomic E-state index is 14.0. The van der Waals surface area contributed by atoms with Gasteiger partial charge in [0.1, 0.15) is 17.3 Å². The first-order valence-electron chi connectivity index (χ1n) is 10.6. The highest BCUT2D eigenvalue weighted by molar-refractivity contribution is 6.04. The summed E-state index contributed by atoms with van der Waals surface area (Å²) < 4.78 is 24.5. The lowest BCUT2D eigenvalue weighted by molar-refractivity contribution is -0.122. The maximum Gasteiger partial charge on any atom is 0.230 e. The number of benzene rings is 3. The number of carbonyl (C=O) groups excluding carboxylic acids is 2. The first-order chi connectivity index (χ1) is 15.9. The van der Waals surface area contributed by atoms with Gasteiger partial charge in [0.25, 0.3) is 0 Å². The van der Waals surface area contributed by atoms with E-state index in [1.165, 1.54) is 6.07 Å². The zero-order valence-corrected chi connectivity index (χ0v) is 18.7. The highest BCUT2D eigenvalue weighted by Gasteiger charge is 2.45. The van der Waals surface area contributed by atoms with E-state index in [9.17, 15) is 14.0 Å². The van der Waals surface area contributed by atoms with Crippen molar-refractivity contribution in [3.8, 4) is 11.5 Å². The number of amides is 2. The molecular formula is C26H25FN2O4. The van der Waals surface area contributed by atoms with Crippen molar-refractivity contribution in [2.75, 3.05) is 24.4 Å². The normalized spacial score (nSPS) is 17.7. The van der Waals surface area contributed by atoms with Gasteiger partial charge in [-0.05, 0) is 66.6 Å². The molecule has 0 bridgehead atoms. The number of methoxy groups -OCH3 is 2. The summed E-state index contributed by atoms with van der Waals surface area (Å²) in [4.78, 5) is 28.1. The van der Waals surface area contributed by atoms with Gasteiger partial charge in [0.15, 0.2) is 0 Å². The van der Waals surface area contributed by atoms with E-state index in [1.807, 2.05) is 12.1 Å². The van der Waals surface area contributed by atoms with Crippen LogP contribution in [0.4, 0.5) is 15.8 Å². The summed E-state index contributed by atoms with van der Waals surface area (Å²) in [5.41, 5.74) is 2.31. The quantitative estimate of drug-likeness (QED) is 0.583. The fourth-order valence-corrected chi connectivity index (χ4v) is 4.10. The third-order valence-corrected chi connectivity index (χ3v) is 5.91. The van der Waals surface area contributed by atoms with Crippen LogP contribution in [0.5, 0.6) is 11.5 Å². The third kappa shape index (κ3) is 4.53. The zero-order chi connectivity index (χ0) is 23.5. The number of rotatable bonds is 6. The second kappa shape index (κ2) is 9.32. The van der Waals surface area contributed by atoms with Crippen LogP contribution < -0.4 is 19.7 Å². The van der Waals surface area contributed by atoms with Gasteiger partial charge in [0.05, 0.1) is 26.2 Å². The van der Waals surface area contributed by atoms with Gasteiger partial charge in [0.2, 0.25) is 11.8 Å². The first kappa shape index (κ1) is 22.3. The first-order valence-corrected chi connectivity index (χ1v) is 10.6. The van der Waals surface area contributed by atoms with Crippen molar-refractivity contribution in [3.63, 3.8) is 0 Å². The van der Waals surface area contributed by atoms with Crippen molar-refractivity contribution in [2.24, 2.45) is 5.92 Å². The minimum Gasteiger partial charge on any atom is -0.497 e. The monoisotopic (exact) mass is 448 g/mol. The van der Waals surface area contributed by atoms with E-state index in [1.54, 1.807) is 74.6 Å². The molecule has 6 nitrogen and oxygen atoms in total. The summed E-state index contributed by atoms with van der Waals surface area (Å²) in [6.45, 7) is 1.66. The van der Waals surface area contributed by atoms with Gasteiger partial charge in [-0.25, -0.2) is 4.39 Å². The molecule has 1 aliphatic heterocycles. The molecule has 7 heteroatoms. The molecule has 0 unspecified atom stereocenters. The Labute approximate surface area is 191 Å². The van der Waals surface area contributed by atoms with Crippen molar-refractivity contribution in [2.45, 2.75) is 19.4 Å². The summed E-state index contributed by atoms with van der Waals surface area (Å²) in [5, 5.41) is 2.78. The lowest BCUT2D eigenvalue weighted by atomic mass is 9.92. The van der Waals surface area contributed by atoms with E-state index >= 15 is 0 Å². The van der Waals surface area contributed by atoms with Crippen LogP contribution in [0, 0.1) is 18.7 Å². The standard InChI is InChI=1S/C26H25FN2O4/c1-16-4-7-18(14-23(16)27)28-26(31)22-15-24(30)29(19-8-12-21(33-3)13-9-19)25(22)17-5-10-20(32-2)11-6-17/h4-14,22,25H,15H2,1-3H3,(H,28,31)/t22-,25-/m1/s1. The van der Waals surface area contributed by atoms with Gasteiger partial charge in [-0.1, -0.05) is 18.2 Å². The maximum absolute atomic E-state index is 14.0. The molecule has 1 aliphatic rings. The van der Waals surface area contributed by atoms with E-state index < -0.39 is 17.8 Å². The van der Waals surface area contributed by atoms with Gasteiger partial charge in [-0.2, -0.15) is 0 Å². The second-order valence-corrected chi connectivity index (χ2v) is 7.94. The molecule has 170 valence electrons. The van der Waals surface area contributed by atoms with Crippen LogP contribution in [-0.4, -0.2) is 26.0 Å². The molecule has 33 heavy (non-hydrogen) atoms. The molecule has 2 atom stereocenters. The van der Waals surface area contributed by atoms with Crippen LogP contribution in [-0.2, 0) is 9.59 Å². The summed E-state index contributed by atoms with van der Waals surface area (Å²) >= 11 is 0. The van der Waals surface area contributed by atoms with Crippen molar-refractivity contribution in [1.29, 1.82) is 0 Å². The molecule has 0 aliphatic carbocycles. The molecule has 3 aromatic carbocycles. The number of hydrogen-bond acceptors (Lipinski definition) is 4. The van der Waals surface area contributed by atoms with Crippen LogP contribution in [0.1, 0.15) is 23.6 Å². The molecule has 1 fully saturated rings. The summed E-state index contributed by atoms with van der Waals surface area (Å²) in [5.74, 6) is -0.240. The predicted molar refractivity (Wildman–Crippen MR) is 124 cm³/mol. The molecular weight excluding hydrogens is 423 g/mol. The van der Waals surface area contributed by atoms with Gasteiger partial charge in [-0.3, -0.25) is 9.59 Å². The molecule has 0 aromatic heterocycles. The highest BCUT2D eigenvalue weighted by atomic mass is 19.1. The topological polar surface area (TPSA) is 67.9 Å². The van der Waals surface area contributed by atoms with Crippen LogP contribution in [0.3, 0.4) is 0 Å². The highest BCUT2D eigenvalue weighted by Crippen LogP contribution is 2.42. The fourth-order valence-electron chi connectivity index (χ4n) is 4.10. The molecule has 1 N–H and O–H groups in total. The fraction of sp³-hybridized carbons (Fsp3) is 0.231. The van der Waals surface area contributed by atoms with Gasteiger partial charge in [-0.15, -0.1) is 0 Å².